The minimum absolute atomic E-state index is 0.424. The van der Waals surface area contributed by atoms with E-state index in [-0.39, 0.29) is 0 Å². The number of thiol groups is 1. The molecule has 1 aromatic rings. The van der Waals surface area contributed by atoms with Gasteiger partial charge in [0.2, 0.25) is 0 Å². The first kappa shape index (κ1) is 6.71. The average molecular weight is 155 g/mol. The van der Waals surface area contributed by atoms with Crippen molar-refractivity contribution in [2.45, 2.75) is 9.79 Å². The molecule has 0 unspecified atom stereocenters. The summed E-state index contributed by atoms with van der Waals surface area (Å²) in [7, 11) is 0. The topological polar surface area (TPSA) is 23.8 Å². The zero-order valence-corrected chi connectivity index (χ0v) is 6.30. The van der Waals surface area contributed by atoms with Gasteiger partial charge in [-0.05, 0) is 18.2 Å². The van der Waals surface area contributed by atoms with Crippen LogP contribution in [-0.2, 0) is 0 Å². The van der Waals surface area contributed by atoms with E-state index < -0.39 is 0 Å². The third-order valence-corrected chi connectivity index (χ3v) is 1.39. The zero-order chi connectivity index (χ0) is 6.85. The van der Waals surface area contributed by atoms with Gasteiger partial charge in [-0.3, -0.25) is 0 Å². The Kier molecular flexibility index (Phi) is 1.83. The van der Waals surface area contributed by atoms with E-state index in [1.54, 1.807) is 18.2 Å². The van der Waals surface area contributed by atoms with Crippen LogP contribution in [0, 0.1) is 0 Å². The van der Waals surface area contributed by atoms with Crippen molar-refractivity contribution in [2.75, 3.05) is 0 Å². The van der Waals surface area contributed by atoms with Crippen molar-refractivity contribution in [3.8, 4) is 0 Å². The van der Waals surface area contributed by atoms with Gasteiger partial charge >= 0.3 is 0 Å². The van der Waals surface area contributed by atoms with Crippen LogP contribution >= 0.6 is 25.3 Å². The van der Waals surface area contributed by atoms with Crippen molar-refractivity contribution < 1.29 is 0 Å². The van der Waals surface area contributed by atoms with Gasteiger partial charge in [0.05, 0.1) is 5.69 Å². The Morgan fingerprint density at radius 2 is 2.00 bits per heavy atom. The minimum Gasteiger partial charge on any atom is -0.301 e. The quantitative estimate of drug-likeness (QED) is 0.556. The average Bonchev–Trinajstić information content (AvgIpc) is 1.59. The van der Waals surface area contributed by atoms with Crippen LogP contribution in [0.4, 0.5) is 5.69 Å². The van der Waals surface area contributed by atoms with Crippen LogP contribution in [0.3, 0.4) is 0 Å². The van der Waals surface area contributed by atoms with Crippen molar-refractivity contribution in [1.29, 1.82) is 0 Å². The molecule has 0 amide bonds. The van der Waals surface area contributed by atoms with Gasteiger partial charge in [-0.2, -0.15) is 0 Å². The zero-order valence-electron chi connectivity index (χ0n) is 4.59. The Morgan fingerprint density at radius 1 is 1.33 bits per heavy atom. The van der Waals surface area contributed by atoms with Crippen LogP contribution in [0.2, 0.25) is 0 Å². The van der Waals surface area contributed by atoms with Gasteiger partial charge in [-0.15, -0.1) is 12.6 Å². The summed E-state index contributed by atoms with van der Waals surface area (Å²) >= 11 is 8.86. The molecule has 0 fully saturated rings. The van der Waals surface area contributed by atoms with E-state index in [0.717, 1.165) is 4.90 Å². The summed E-state index contributed by atoms with van der Waals surface area (Å²) < 4.78 is 0. The van der Waals surface area contributed by atoms with Gasteiger partial charge < -0.3 is 5.73 Å². The first-order valence-electron chi connectivity index (χ1n) is 2.41. The fourth-order valence-corrected chi connectivity index (χ4v) is 1.20. The lowest BCUT2D eigenvalue weighted by Crippen LogP contribution is -1.71. The number of rotatable bonds is 0. The maximum atomic E-state index is 7.16. The van der Waals surface area contributed by atoms with Crippen molar-refractivity contribution in [3.05, 3.63) is 18.2 Å². The molecule has 1 nitrogen and oxygen atoms in total. The number of hydrogen-bond acceptors (Lipinski definition) is 1. The van der Waals surface area contributed by atoms with E-state index in [9.17, 15) is 0 Å². The summed E-state index contributed by atoms with van der Waals surface area (Å²) in [6.07, 6.45) is 0. The van der Waals surface area contributed by atoms with Crippen LogP contribution in [0.5, 0.6) is 0 Å². The molecule has 1 aromatic carbocycles. The first-order chi connectivity index (χ1) is 4.18. The highest BCUT2D eigenvalue weighted by Gasteiger charge is 1.91. The highest BCUT2D eigenvalue weighted by molar-refractivity contribution is 7.81. The molecule has 0 aliphatic heterocycles. The summed E-state index contributed by atoms with van der Waals surface area (Å²) in [6.45, 7) is 0. The van der Waals surface area contributed by atoms with Crippen molar-refractivity contribution in [2.24, 2.45) is 0 Å². The molecule has 3 heteroatoms. The molecule has 0 saturated carbocycles. The van der Waals surface area contributed by atoms with E-state index in [1.165, 1.54) is 0 Å². The Bertz CT molecular complexity index is 172. The molecule has 0 aromatic heterocycles. The second-order valence-corrected chi connectivity index (χ2v) is 2.70. The number of benzene rings is 1. The van der Waals surface area contributed by atoms with Crippen molar-refractivity contribution in [3.63, 3.8) is 0 Å². The third kappa shape index (κ3) is 1.77. The summed E-state index contributed by atoms with van der Waals surface area (Å²) in [5.74, 6) is 0. The largest absolute Gasteiger partial charge is 0.301 e. The summed E-state index contributed by atoms with van der Waals surface area (Å²) in [6, 6.07) is 5.02. The SMILES string of the molecule is [NH]c1cc([S])cc(S)c1. The second-order valence-electron chi connectivity index (χ2n) is 1.72. The number of nitrogens with one attached hydrogen (secondary N) is 1. The van der Waals surface area contributed by atoms with Crippen LogP contribution in [0.15, 0.2) is 28.0 Å². The van der Waals surface area contributed by atoms with E-state index in [4.69, 9.17) is 18.4 Å². The van der Waals surface area contributed by atoms with Crippen molar-refractivity contribution >= 4 is 30.9 Å². The molecule has 0 heterocycles. The maximum absolute atomic E-state index is 7.16. The third-order valence-electron chi connectivity index (χ3n) is 0.891. The molecule has 0 atom stereocenters. The Morgan fingerprint density at radius 3 is 2.44 bits per heavy atom. The van der Waals surface area contributed by atoms with E-state index in [1.807, 2.05) is 0 Å². The maximum Gasteiger partial charge on any atom is 0.0565 e. The fourth-order valence-electron chi connectivity index (χ4n) is 0.583. The predicted octanol–water partition coefficient (Wildman–Crippen LogP) is 2.45. The lowest BCUT2D eigenvalue weighted by atomic mass is 10.3. The molecule has 2 radical (unpaired) electrons. The normalized spacial score (nSPS) is 9.44. The van der Waals surface area contributed by atoms with Crippen LogP contribution in [0.25, 0.3) is 0 Å². The van der Waals surface area contributed by atoms with E-state index in [2.05, 4.69) is 12.6 Å². The lowest BCUT2D eigenvalue weighted by molar-refractivity contribution is 1.30. The summed E-state index contributed by atoms with van der Waals surface area (Å²) in [4.78, 5) is 1.43. The monoisotopic (exact) mass is 155 g/mol. The van der Waals surface area contributed by atoms with Gasteiger partial charge in [0.25, 0.3) is 0 Å². The van der Waals surface area contributed by atoms with Gasteiger partial charge in [0.1, 0.15) is 0 Å². The molecular formula is C6H5NS2. The van der Waals surface area contributed by atoms with Crippen LogP contribution < -0.4 is 5.73 Å². The number of hydrogen-bond donors (Lipinski definition) is 1. The Labute approximate surface area is 65.1 Å². The molecule has 1 rings (SSSR count). The highest BCUT2D eigenvalue weighted by atomic mass is 32.1. The van der Waals surface area contributed by atoms with Crippen LogP contribution in [0.1, 0.15) is 0 Å². The Hall–Kier alpha value is -0.410. The van der Waals surface area contributed by atoms with Crippen molar-refractivity contribution in [1.82, 2.24) is 5.73 Å². The smallest absolute Gasteiger partial charge is 0.0565 e. The van der Waals surface area contributed by atoms with Crippen LogP contribution in [-0.4, -0.2) is 0 Å². The van der Waals surface area contributed by atoms with E-state index >= 15 is 0 Å². The molecule has 0 saturated heterocycles. The van der Waals surface area contributed by atoms with Gasteiger partial charge in [-0.25, -0.2) is 0 Å². The van der Waals surface area contributed by atoms with Gasteiger partial charge in [-0.1, -0.05) is 12.6 Å². The molecule has 1 N–H and O–H groups in total. The van der Waals surface area contributed by atoms with Gasteiger partial charge in [0, 0.05) is 9.79 Å². The lowest BCUT2D eigenvalue weighted by Gasteiger charge is -1.93. The second kappa shape index (κ2) is 2.45. The first-order valence-corrected chi connectivity index (χ1v) is 3.27. The molecule has 0 aliphatic rings. The molecule has 9 heavy (non-hydrogen) atoms. The molecule has 0 spiro atoms. The van der Waals surface area contributed by atoms with E-state index in [0.29, 0.717) is 10.6 Å². The molecular weight excluding hydrogens is 150 g/mol. The molecule has 0 bridgehead atoms. The highest BCUT2D eigenvalue weighted by Crippen LogP contribution is 2.18. The minimum atomic E-state index is 0.424. The summed E-state index contributed by atoms with van der Waals surface area (Å²) in [5, 5.41) is 0. The summed E-state index contributed by atoms with van der Waals surface area (Å²) in [5.41, 5.74) is 7.58. The standard InChI is InChI=1S/C6H5NS2/c7-4-1-5(8)3-6(9)2-4/h1-3,7-8H. The fraction of sp³-hybridized carbons (Fsp3) is 0. The van der Waals surface area contributed by atoms with Gasteiger partial charge in [0.15, 0.2) is 0 Å². The Balaban J connectivity index is 3.17. The predicted molar refractivity (Wildman–Crippen MR) is 42.3 cm³/mol. The molecule has 46 valence electrons. The molecule has 0 aliphatic carbocycles.